The highest BCUT2D eigenvalue weighted by atomic mass is 35.5. The summed E-state index contributed by atoms with van der Waals surface area (Å²) in [5.41, 5.74) is -0.175. The van der Waals surface area contributed by atoms with Crippen LogP contribution in [0.1, 0.15) is 26.7 Å². The first-order valence-corrected chi connectivity index (χ1v) is 8.22. The maximum absolute atomic E-state index is 12.1. The molecule has 0 spiro atoms. The van der Waals surface area contributed by atoms with Gasteiger partial charge in [-0.25, -0.2) is 0 Å². The summed E-state index contributed by atoms with van der Waals surface area (Å²) < 4.78 is 5.37. The number of halogens is 1. The molecule has 2 rings (SSSR count). The Kier molecular flexibility index (Phi) is 5.59. The second kappa shape index (κ2) is 7.30. The van der Waals surface area contributed by atoms with Crippen LogP contribution in [0.4, 0.5) is 5.69 Å². The van der Waals surface area contributed by atoms with Gasteiger partial charge in [0.15, 0.2) is 0 Å². The summed E-state index contributed by atoms with van der Waals surface area (Å²) in [5, 5.41) is 12.7. The normalized spacial score (nSPS) is 17.7. The van der Waals surface area contributed by atoms with Crippen molar-refractivity contribution in [3.63, 3.8) is 0 Å². The van der Waals surface area contributed by atoms with E-state index in [0.29, 0.717) is 11.6 Å². The van der Waals surface area contributed by atoms with E-state index >= 15 is 0 Å². The highest BCUT2D eigenvalue weighted by Crippen LogP contribution is 2.33. The van der Waals surface area contributed by atoms with Crippen molar-refractivity contribution < 1.29 is 19.4 Å². The zero-order chi connectivity index (χ0) is 17.9. The van der Waals surface area contributed by atoms with E-state index in [1.54, 1.807) is 27.0 Å². The Hall–Kier alpha value is -1.95. The smallest absolute Gasteiger partial charge is 0.309 e. The topological polar surface area (TPSA) is 78.9 Å². The Morgan fingerprint density at radius 2 is 2.17 bits per heavy atom. The van der Waals surface area contributed by atoms with E-state index < -0.39 is 11.4 Å². The van der Waals surface area contributed by atoms with E-state index in [9.17, 15) is 9.59 Å². The molecule has 7 heteroatoms. The molecule has 24 heavy (non-hydrogen) atoms. The number of amides is 1. The van der Waals surface area contributed by atoms with Crippen LogP contribution in [0.3, 0.4) is 0 Å². The van der Waals surface area contributed by atoms with E-state index in [0.717, 1.165) is 24.4 Å². The van der Waals surface area contributed by atoms with Crippen molar-refractivity contribution >= 4 is 29.2 Å². The monoisotopic (exact) mass is 354 g/mol. The number of nitrogens with zero attached hydrogens (tertiary/aromatic N) is 1. The van der Waals surface area contributed by atoms with Crippen LogP contribution in [0.25, 0.3) is 0 Å². The summed E-state index contributed by atoms with van der Waals surface area (Å²) in [6.45, 7) is 4.50. The van der Waals surface area contributed by atoms with Gasteiger partial charge >= 0.3 is 5.97 Å². The Balaban J connectivity index is 1.97. The predicted octanol–water partition coefficient (Wildman–Crippen LogP) is 2.54. The molecule has 1 aliphatic rings. The lowest BCUT2D eigenvalue weighted by atomic mass is 9.89. The molecule has 1 aromatic rings. The zero-order valence-corrected chi connectivity index (χ0v) is 14.9. The molecule has 0 bridgehead atoms. The minimum Gasteiger partial charge on any atom is -0.495 e. The minimum absolute atomic E-state index is 0.0224. The summed E-state index contributed by atoms with van der Waals surface area (Å²) in [5.74, 6) is -0.486. The number of ether oxygens (including phenoxy) is 1. The lowest BCUT2D eigenvalue weighted by Gasteiger charge is -2.23. The quantitative estimate of drug-likeness (QED) is 0.820. The number of hydrogen-bond acceptors (Lipinski definition) is 4. The molecule has 1 aliphatic heterocycles. The van der Waals surface area contributed by atoms with Crippen molar-refractivity contribution in [3.8, 4) is 5.75 Å². The van der Waals surface area contributed by atoms with Crippen LogP contribution in [0.5, 0.6) is 5.75 Å². The molecule has 0 unspecified atom stereocenters. The average Bonchev–Trinajstić information content (AvgIpc) is 2.94. The van der Waals surface area contributed by atoms with Gasteiger partial charge in [-0.2, -0.15) is 0 Å². The molecule has 0 saturated carbocycles. The van der Waals surface area contributed by atoms with Gasteiger partial charge in [-0.15, -0.1) is 0 Å². The molecule has 1 atom stereocenters. The second-order valence-corrected chi connectivity index (χ2v) is 7.12. The van der Waals surface area contributed by atoms with Gasteiger partial charge in [-0.3, -0.25) is 9.59 Å². The van der Waals surface area contributed by atoms with Crippen LogP contribution in [0.15, 0.2) is 18.2 Å². The summed E-state index contributed by atoms with van der Waals surface area (Å²) >= 11 is 6.07. The number of carbonyl (C=O) groups is 2. The second-order valence-electron chi connectivity index (χ2n) is 6.68. The number of hydrogen-bond donors (Lipinski definition) is 2. The van der Waals surface area contributed by atoms with E-state index in [1.165, 1.54) is 0 Å². The SMILES string of the molecule is COc1ccc(Cl)cc1N1CC[C@@H](NC(=O)CC(C)(C)C(=O)O)C1. The van der Waals surface area contributed by atoms with E-state index in [1.807, 2.05) is 12.1 Å². The van der Waals surface area contributed by atoms with E-state index in [-0.39, 0.29) is 18.4 Å². The van der Waals surface area contributed by atoms with Gasteiger partial charge in [0, 0.05) is 30.6 Å². The largest absolute Gasteiger partial charge is 0.495 e. The highest BCUT2D eigenvalue weighted by molar-refractivity contribution is 6.30. The van der Waals surface area contributed by atoms with Crippen molar-refractivity contribution in [2.75, 3.05) is 25.1 Å². The number of rotatable bonds is 6. The fraction of sp³-hybridized carbons (Fsp3) is 0.529. The molecule has 0 radical (unpaired) electrons. The summed E-state index contributed by atoms with van der Waals surface area (Å²) in [7, 11) is 1.61. The van der Waals surface area contributed by atoms with Crippen LogP contribution in [0.2, 0.25) is 5.02 Å². The molecule has 6 nitrogen and oxygen atoms in total. The molecule has 1 saturated heterocycles. The Morgan fingerprint density at radius 1 is 1.46 bits per heavy atom. The number of carboxylic acid groups (broad SMARTS) is 1. The lowest BCUT2D eigenvalue weighted by molar-refractivity contribution is -0.149. The number of benzene rings is 1. The van der Waals surface area contributed by atoms with Crippen LogP contribution in [-0.2, 0) is 9.59 Å². The van der Waals surface area contributed by atoms with Gasteiger partial charge in [0.2, 0.25) is 5.91 Å². The number of carbonyl (C=O) groups excluding carboxylic acids is 1. The Morgan fingerprint density at radius 3 is 2.79 bits per heavy atom. The number of methoxy groups -OCH3 is 1. The first-order chi connectivity index (χ1) is 11.2. The van der Waals surface area contributed by atoms with E-state index in [2.05, 4.69) is 10.2 Å². The Bertz CT molecular complexity index is 633. The minimum atomic E-state index is -1.07. The van der Waals surface area contributed by atoms with E-state index in [4.69, 9.17) is 21.4 Å². The molecule has 1 fully saturated rings. The summed E-state index contributed by atoms with van der Waals surface area (Å²) in [4.78, 5) is 25.3. The molecule has 0 aromatic heterocycles. The summed E-state index contributed by atoms with van der Waals surface area (Å²) in [6.07, 6.45) is 0.744. The molecular formula is C17H23ClN2O4. The molecule has 2 N–H and O–H groups in total. The number of nitrogens with one attached hydrogen (secondary N) is 1. The van der Waals surface area contributed by atoms with Crippen LogP contribution >= 0.6 is 11.6 Å². The molecule has 1 heterocycles. The zero-order valence-electron chi connectivity index (χ0n) is 14.1. The number of aliphatic carboxylic acids is 1. The maximum Gasteiger partial charge on any atom is 0.309 e. The third-order valence-electron chi connectivity index (χ3n) is 4.22. The van der Waals surface area contributed by atoms with Gasteiger partial charge in [0.1, 0.15) is 5.75 Å². The lowest BCUT2D eigenvalue weighted by Crippen LogP contribution is -2.40. The van der Waals surface area contributed by atoms with Crippen LogP contribution in [0, 0.1) is 5.41 Å². The van der Waals surface area contributed by atoms with Crippen molar-refractivity contribution in [1.29, 1.82) is 0 Å². The average molecular weight is 355 g/mol. The standard InChI is InChI=1S/C17H23ClN2O4/c1-17(2,16(22)23)9-15(21)19-12-6-7-20(10-12)13-8-11(18)4-5-14(13)24-3/h4-5,8,12H,6-7,9-10H2,1-3H3,(H,19,21)(H,22,23)/t12-/m1/s1. The van der Waals surface area contributed by atoms with Crippen molar-refractivity contribution in [1.82, 2.24) is 5.32 Å². The first kappa shape index (κ1) is 18.4. The molecule has 132 valence electrons. The number of anilines is 1. The van der Waals surface area contributed by atoms with Crippen LogP contribution in [-0.4, -0.2) is 43.2 Å². The predicted molar refractivity (Wildman–Crippen MR) is 92.8 cm³/mol. The fourth-order valence-corrected chi connectivity index (χ4v) is 2.93. The molecule has 1 aromatic carbocycles. The van der Waals surface area contributed by atoms with Gasteiger partial charge < -0.3 is 20.1 Å². The Labute approximate surface area is 146 Å². The highest BCUT2D eigenvalue weighted by Gasteiger charge is 2.32. The van der Waals surface area contributed by atoms with Crippen molar-refractivity contribution in [3.05, 3.63) is 23.2 Å². The van der Waals surface area contributed by atoms with Crippen molar-refractivity contribution in [2.45, 2.75) is 32.7 Å². The molecule has 0 aliphatic carbocycles. The maximum atomic E-state index is 12.1. The van der Waals surface area contributed by atoms with Gasteiger partial charge in [-0.1, -0.05) is 11.6 Å². The van der Waals surface area contributed by atoms with Gasteiger partial charge in [-0.05, 0) is 38.5 Å². The van der Waals surface area contributed by atoms with Gasteiger partial charge in [0.05, 0.1) is 18.2 Å². The first-order valence-electron chi connectivity index (χ1n) is 7.84. The fourth-order valence-electron chi connectivity index (χ4n) is 2.76. The third-order valence-corrected chi connectivity index (χ3v) is 4.45. The number of carboxylic acids is 1. The molecule has 1 amide bonds. The van der Waals surface area contributed by atoms with Gasteiger partial charge in [0.25, 0.3) is 0 Å². The van der Waals surface area contributed by atoms with Crippen molar-refractivity contribution in [2.24, 2.45) is 5.41 Å². The molecular weight excluding hydrogens is 332 g/mol. The summed E-state index contributed by atoms with van der Waals surface area (Å²) in [6, 6.07) is 5.41. The van der Waals surface area contributed by atoms with Crippen LogP contribution < -0.4 is 15.0 Å². The third kappa shape index (κ3) is 4.32.